The Hall–Kier alpha value is -3.04. The first kappa shape index (κ1) is 16.4. The molecular formula is C17H12N4O3S2. The lowest BCUT2D eigenvalue weighted by molar-refractivity contribution is 0.0601. The zero-order chi connectivity index (χ0) is 18.3. The van der Waals surface area contributed by atoms with E-state index in [4.69, 9.17) is 17.0 Å². The summed E-state index contributed by atoms with van der Waals surface area (Å²) in [6.07, 6.45) is 0. The summed E-state index contributed by atoms with van der Waals surface area (Å²) in [4.78, 5) is 31.9. The highest BCUT2D eigenvalue weighted by atomic mass is 32.1. The second-order valence-corrected chi connectivity index (χ2v) is 6.84. The molecular weight excluding hydrogens is 372 g/mol. The smallest absolute Gasteiger partial charge is 0.337 e. The van der Waals surface area contributed by atoms with E-state index < -0.39 is 5.97 Å². The number of methoxy groups -OCH3 is 1. The number of benzene rings is 2. The minimum atomic E-state index is -0.483. The molecule has 0 saturated heterocycles. The Bertz CT molecular complexity index is 1240. The Kier molecular flexibility index (Phi) is 4.02. The van der Waals surface area contributed by atoms with Crippen molar-refractivity contribution in [3.8, 4) is 0 Å². The van der Waals surface area contributed by atoms with Crippen molar-refractivity contribution in [2.45, 2.75) is 0 Å². The summed E-state index contributed by atoms with van der Waals surface area (Å²) >= 11 is 6.71. The molecule has 0 amide bonds. The van der Waals surface area contributed by atoms with Crippen LogP contribution in [0, 0.1) is 4.77 Å². The number of para-hydroxylation sites is 1. The van der Waals surface area contributed by atoms with Gasteiger partial charge < -0.3 is 9.72 Å². The minimum absolute atomic E-state index is 0.170. The summed E-state index contributed by atoms with van der Waals surface area (Å²) in [5.74, 6) is -0.483. The van der Waals surface area contributed by atoms with Crippen molar-refractivity contribution >= 4 is 55.8 Å². The van der Waals surface area contributed by atoms with E-state index in [9.17, 15) is 9.59 Å². The van der Waals surface area contributed by atoms with Crippen LogP contribution in [0.2, 0.25) is 0 Å². The third kappa shape index (κ3) is 2.76. The van der Waals surface area contributed by atoms with Crippen LogP contribution in [0.1, 0.15) is 10.4 Å². The molecule has 0 saturated carbocycles. The van der Waals surface area contributed by atoms with Crippen LogP contribution in [0.15, 0.2) is 47.3 Å². The lowest BCUT2D eigenvalue weighted by Gasteiger charge is -2.09. The highest BCUT2D eigenvalue weighted by Crippen LogP contribution is 2.25. The van der Waals surface area contributed by atoms with Crippen molar-refractivity contribution < 1.29 is 9.53 Å². The van der Waals surface area contributed by atoms with Gasteiger partial charge in [-0.1, -0.05) is 23.5 Å². The van der Waals surface area contributed by atoms with Gasteiger partial charge in [0, 0.05) is 0 Å². The Balaban J connectivity index is 1.81. The highest BCUT2D eigenvalue weighted by molar-refractivity contribution is 7.71. The van der Waals surface area contributed by atoms with Gasteiger partial charge in [-0.05, 0) is 42.5 Å². The number of nitrogens with one attached hydrogen (secondary N) is 2. The first-order valence-corrected chi connectivity index (χ1v) is 8.79. The fourth-order valence-electron chi connectivity index (χ4n) is 2.58. The van der Waals surface area contributed by atoms with Gasteiger partial charge >= 0.3 is 5.97 Å². The Morgan fingerprint density at radius 1 is 1.31 bits per heavy atom. The highest BCUT2D eigenvalue weighted by Gasteiger charge is 2.12. The summed E-state index contributed by atoms with van der Waals surface area (Å²) in [5.41, 5.74) is 4.26. The van der Waals surface area contributed by atoms with E-state index in [-0.39, 0.29) is 10.3 Å². The van der Waals surface area contributed by atoms with Crippen LogP contribution in [-0.4, -0.2) is 27.7 Å². The van der Waals surface area contributed by atoms with Gasteiger partial charge in [-0.25, -0.2) is 9.78 Å². The first-order chi connectivity index (χ1) is 12.6. The lowest BCUT2D eigenvalue weighted by Crippen LogP contribution is -2.28. The monoisotopic (exact) mass is 384 g/mol. The maximum atomic E-state index is 12.8. The predicted octanol–water partition coefficient (Wildman–Crippen LogP) is 3.33. The van der Waals surface area contributed by atoms with Crippen LogP contribution in [0.5, 0.6) is 0 Å². The average molecular weight is 384 g/mol. The maximum Gasteiger partial charge on any atom is 0.337 e. The number of aromatic nitrogens is 3. The number of hydrogen-bond donors (Lipinski definition) is 2. The zero-order valence-corrected chi connectivity index (χ0v) is 15.1. The number of ether oxygens (including phenoxy) is 1. The van der Waals surface area contributed by atoms with E-state index in [1.54, 1.807) is 12.1 Å². The van der Waals surface area contributed by atoms with Gasteiger partial charge in [0.1, 0.15) is 0 Å². The van der Waals surface area contributed by atoms with Gasteiger partial charge in [-0.2, -0.15) is 4.68 Å². The molecule has 0 bridgehead atoms. The molecule has 2 N–H and O–H groups in total. The number of hydrogen-bond acceptors (Lipinski definition) is 7. The van der Waals surface area contributed by atoms with E-state index in [2.05, 4.69) is 15.4 Å². The molecule has 7 nitrogen and oxygen atoms in total. The van der Waals surface area contributed by atoms with Crippen molar-refractivity contribution in [1.29, 1.82) is 0 Å². The van der Waals surface area contributed by atoms with Crippen LogP contribution >= 0.6 is 23.6 Å². The molecule has 4 rings (SSSR count). The number of rotatable bonds is 3. The van der Waals surface area contributed by atoms with Crippen LogP contribution in [-0.2, 0) is 4.74 Å². The molecule has 2 aromatic heterocycles. The standard InChI is InChI=1S/C17H12N4O3S2/c1-24-15(23)9-6-7-10-12(8-9)19-17(25)21(14(10)22)20-16-18-11-4-2-3-5-13(11)26-16/h2-8H,1H3,(H,18,20)(H,19,25). The Morgan fingerprint density at radius 2 is 2.12 bits per heavy atom. The molecule has 4 aromatic rings. The zero-order valence-electron chi connectivity index (χ0n) is 13.5. The van der Waals surface area contributed by atoms with Crippen molar-refractivity contribution in [2.24, 2.45) is 0 Å². The maximum absolute atomic E-state index is 12.8. The first-order valence-electron chi connectivity index (χ1n) is 7.57. The molecule has 0 aliphatic carbocycles. The molecule has 0 unspecified atom stereocenters. The molecule has 0 atom stereocenters. The number of carbonyl (C=O) groups excluding carboxylic acids is 1. The number of carbonyl (C=O) groups is 1. The molecule has 2 heterocycles. The van der Waals surface area contributed by atoms with E-state index in [1.807, 2.05) is 24.3 Å². The Labute approximate surface area is 155 Å². The van der Waals surface area contributed by atoms with Gasteiger partial charge in [0.25, 0.3) is 5.56 Å². The fraction of sp³-hybridized carbons (Fsp3) is 0.0588. The van der Waals surface area contributed by atoms with Crippen molar-refractivity contribution in [3.63, 3.8) is 0 Å². The van der Waals surface area contributed by atoms with E-state index >= 15 is 0 Å². The normalized spacial score (nSPS) is 11.0. The number of H-pyrrole nitrogens is 1. The number of fused-ring (bicyclic) bond motifs is 2. The summed E-state index contributed by atoms with van der Waals surface area (Å²) in [7, 11) is 1.30. The molecule has 9 heteroatoms. The number of anilines is 1. The SMILES string of the molecule is COC(=O)c1ccc2c(=O)n(Nc3nc4ccccc4s3)c(=S)[nH]c2c1. The molecule has 0 fully saturated rings. The second kappa shape index (κ2) is 6.36. The summed E-state index contributed by atoms with van der Waals surface area (Å²) < 4.78 is 7.10. The largest absolute Gasteiger partial charge is 0.465 e. The minimum Gasteiger partial charge on any atom is -0.465 e. The summed E-state index contributed by atoms with van der Waals surface area (Å²) in [5, 5.41) is 0.943. The molecule has 130 valence electrons. The van der Waals surface area contributed by atoms with E-state index in [0.717, 1.165) is 10.2 Å². The average Bonchev–Trinajstić information content (AvgIpc) is 3.06. The van der Waals surface area contributed by atoms with Crippen LogP contribution in [0.4, 0.5) is 5.13 Å². The predicted molar refractivity (Wildman–Crippen MR) is 103 cm³/mol. The molecule has 0 radical (unpaired) electrons. The quantitative estimate of drug-likeness (QED) is 0.416. The molecule has 0 spiro atoms. The van der Waals surface area contributed by atoms with Crippen LogP contribution in [0.25, 0.3) is 21.1 Å². The second-order valence-electron chi connectivity index (χ2n) is 5.42. The molecule has 2 aromatic carbocycles. The third-order valence-electron chi connectivity index (χ3n) is 3.82. The number of thiazole rings is 1. The molecule has 0 aliphatic heterocycles. The topological polar surface area (TPSA) is 89.0 Å². The Morgan fingerprint density at radius 3 is 2.88 bits per heavy atom. The number of esters is 1. The third-order valence-corrected chi connectivity index (χ3v) is 5.05. The number of nitrogens with zero attached hydrogens (tertiary/aromatic N) is 2. The van der Waals surface area contributed by atoms with Crippen molar-refractivity contribution in [2.75, 3.05) is 12.5 Å². The lowest BCUT2D eigenvalue weighted by atomic mass is 10.1. The van der Waals surface area contributed by atoms with Gasteiger partial charge in [0.2, 0.25) is 5.13 Å². The summed E-state index contributed by atoms with van der Waals surface area (Å²) in [6, 6.07) is 12.3. The van der Waals surface area contributed by atoms with Crippen molar-refractivity contribution in [3.05, 3.63) is 63.2 Å². The van der Waals surface area contributed by atoms with Gasteiger partial charge in [-0.3, -0.25) is 10.2 Å². The summed E-state index contributed by atoms with van der Waals surface area (Å²) in [6.45, 7) is 0. The van der Waals surface area contributed by atoms with Crippen molar-refractivity contribution in [1.82, 2.24) is 14.6 Å². The van der Waals surface area contributed by atoms with Crippen LogP contribution in [0.3, 0.4) is 0 Å². The van der Waals surface area contributed by atoms with Gasteiger partial charge in [-0.15, -0.1) is 0 Å². The van der Waals surface area contributed by atoms with Gasteiger partial charge in [0.05, 0.1) is 33.8 Å². The van der Waals surface area contributed by atoms with E-state index in [0.29, 0.717) is 21.6 Å². The number of aromatic amines is 1. The van der Waals surface area contributed by atoms with Crippen LogP contribution < -0.4 is 11.0 Å². The molecule has 0 aliphatic rings. The molecule has 26 heavy (non-hydrogen) atoms. The fourth-order valence-corrected chi connectivity index (χ4v) is 3.67. The van der Waals surface area contributed by atoms with Gasteiger partial charge in [0.15, 0.2) is 4.77 Å². The van der Waals surface area contributed by atoms with E-state index in [1.165, 1.54) is 29.2 Å².